The normalized spacial score (nSPS) is 22.5. The Morgan fingerprint density at radius 2 is 1.54 bits per heavy atom. The Balaban J connectivity index is 1.38. The number of carbonyl (C=O) groups excluding carboxylic acids is 4. The lowest BCUT2D eigenvalue weighted by Gasteiger charge is -2.46. The number of hydrogen-bond donors (Lipinski definition) is 2. The molecule has 0 bridgehead atoms. The Morgan fingerprint density at radius 1 is 0.873 bits per heavy atom. The first-order valence-electron chi connectivity index (χ1n) is 20.8. The van der Waals surface area contributed by atoms with E-state index < -0.39 is 59.4 Å². The van der Waals surface area contributed by atoms with Gasteiger partial charge in [-0.3, -0.25) is 24.2 Å². The number of anilines is 1. The molecule has 3 aliphatic rings. The van der Waals surface area contributed by atoms with Gasteiger partial charge in [-0.15, -0.1) is 6.58 Å². The number of morpholine rings is 1. The van der Waals surface area contributed by atoms with Crippen molar-refractivity contribution in [2.75, 3.05) is 45.4 Å². The fourth-order valence-corrected chi connectivity index (χ4v) is 9.41. The number of nitrogens with one attached hydrogen (secondary N) is 1. The molecule has 320 valence electrons. The zero-order valence-electron chi connectivity index (χ0n) is 35.1. The Bertz CT molecular complexity index is 2540. The number of ether oxygens (including phenoxy) is 3. The van der Waals surface area contributed by atoms with Crippen LogP contribution >= 0.6 is 0 Å². The first-order chi connectivity index (χ1) is 30.7. The molecule has 6 atom stereocenters. The molecule has 63 heavy (non-hydrogen) atoms. The SMILES string of the molecule is C=CCNC(=O)[C@@H]1[C@H]2C(=O)O[C@H](c3ccccc3)[C@H](c3ccccc3)N2[C@H](c2ccc(O)cc2)[C@@]12C(=O)N(C(=O)OCCOC)c1ccc(C#CCN(C)Cc3ccccc3)cc12. The molecule has 2 fully saturated rings. The summed E-state index contributed by atoms with van der Waals surface area (Å²) in [6, 6.07) is 37.1. The maximum atomic E-state index is 16.1. The van der Waals surface area contributed by atoms with E-state index in [1.165, 1.54) is 25.3 Å². The number of fused-ring (bicyclic) bond motifs is 3. The zero-order valence-corrected chi connectivity index (χ0v) is 35.1. The maximum Gasteiger partial charge on any atom is 0.421 e. The average molecular weight is 845 g/mol. The lowest BCUT2D eigenvalue weighted by molar-refractivity contribution is -0.178. The number of benzene rings is 5. The van der Waals surface area contributed by atoms with Gasteiger partial charge in [0.1, 0.15) is 29.9 Å². The molecular formula is C51H48N4O8. The minimum atomic E-state index is -1.98. The van der Waals surface area contributed by atoms with Gasteiger partial charge in [0.25, 0.3) is 0 Å². The second-order valence-corrected chi connectivity index (χ2v) is 15.8. The van der Waals surface area contributed by atoms with Crippen LogP contribution in [0.3, 0.4) is 0 Å². The van der Waals surface area contributed by atoms with Gasteiger partial charge in [-0.1, -0.05) is 121 Å². The minimum Gasteiger partial charge on any atom is -0.508 e. The van der Waals surface area contributed by atoms with Crippen LogP contribution in [0.4, 0.5) is 10.5 Å². The van der Waals surface area contributed by atoms with Gasteiger partial charge in [0.2, 0.25) is 11.8 Å². The van der Waals surface area contributed by atoms with Gasteiger partial charge in [-0.2, -0.15) is 0 Å². The standard InChI is InChI=1S/C51H48N4O8/c1-4-28-52-47(57)42-44-48(58)63-45(37-20-12-7-13-21-37)43(36-18-10-6-11-19-36)55(44)46(38-23-25-39(56)26-24-38)51(42)40-32-34(17-14-29-53(2)33-35-15-8-5-9-16-35)22-27-41(40)54(49(51)59)50(60)62-31-30-61-3/h4-13,15-16,18-27,32,42-46,56H,1,28-31,33H2,2-3H3,(H,52,57)/t42-,43-,44-,45+,46+,51-/m0/s1. The highest BCUT2D eigenvalue weighted by Gasteiger charge is 2.75. The van der Waals surface area contributed by atoms with Gasteiger partial charge < -0.3 is 24.6 Å². The largest absolute Gasteiger partial charge is 0.508 e. The molecule has 5 aromatic carbocycles. The van der Waals surface area contributed by atoms with Crippen molar-refractivity contribution in [1.29, 1.82) is 0 Å². The van der Waals surface area contributed by atoms with Crippen molar-refractivity contribution in [3.63, 3.8) is 0 Å². The summed E-state index contributed by atoms with van der Waals surface area (Å²) in [6.45, 7) is 4.84. The van der Waals surface area contributed by atoms with Crippen LogP contribution in [0, 0.1) is 17.8 Å². The van der Waals surface area contributed by atoms with Crippen molar-refractivity contribution in [3.05, 3.63) is 179 Å². The van der Waals surface area contributed by atoms with E-state index in [9.17, 15) is 9.90 Å². The number of phenolic OH excluding ortho intramolecular Hbond substituents is 1. The molecule has 2 saturated heterocycles. The van der Waals surface area contributed by atoms with E-state index in [1.807, 2.05) is 90.8 Å². The van der Waals surface area contributed by atoms with Crippen molar-refractivity contribution < 1.29 is 38.5 Å². The molecule has 0 unspecified atom stereocenters. The summed E-state index contributed by atoms with van der Waals surface area (Å²) in [5.74, 6) is 2.91. The molecule has 1 spiro atoms. The molecule has 0 aliphatic carbocycles. The Hall–Kier alpha value is -7.04. The summed E-state index contributed by atoms with van der Waals surface area (Å²) >= 11 is 0. The van der Waals surface area contributed by atoms with E-state index >= 15 is 14.4 Å². The number of esters is 1. The predicted octanol–water partition coefficient (Wildman–Crippen LogP) is 6.63. The van der Waals surface area contributed by atoms with Crippen molar-refractivity contribution in [2.24, 2.45) is 5.92 Å². The number of phenols is 1. The minimum absolute atomic E-state index is 0.0254. The highest BCUT2D eigenvalue weighted by Crippen LogP contribution is 2.66. The van der Waals surface area contributed by atoms with Gasteiger partial charge in [-0.25, -0.2) is 9.69 Å². The van der Waals surface area contributed by atoms with Crippen molar-refractivity contribution in [1.82, 2.24) is 15.1 Å². The fourth-order valence-electron chi connectivity index (χ4n) is 9.41. The number of aromatic hydroxyl groups is 1. The molecule has 12 heteroatoms. The third-order valence-corrected chi connectivity index (χ3v) is 11.9. The second kappa shape index (κ2) is 18.5. The highest BCUT2D eigenvalue weighted by molar-refractivity contribution is 6.23. The molecule has 0 saturated carbocycles. The lowest BCUT2D eigenvalue weighted by atomic mass is 9.65. The first-order valence-corrected chi connectivity index (χ1v) is 20.8. The summed E-state index contributed by atoms with van der Waals surface area (Å²) in [4.78, 5) is 65.5. The molecule has 2 N–H and O–H groups in total. The number of rotatable bonds is 12. The third kappa shape index (κ3) is 7.98. The van der Waals surface area contributed by atoms with Gasteiger partial charge >= 0.3 is 12.1 Å². The molecule has 5 aromatic rings. The van der Waals surface area contributed by atoms with E-state index in [0.29, 0.717) is 35.3 Å². The molecule has 8 rings (SSSR count). The monoisotopic (exact) mass is 844 g/mol. The van der Waals surface area contributed by atoms with Crippen LogP contribution in [-0.2, 0) is 40.6 Å². The molecule has 12 nitrogen and oxygen atoms in total. The van der Waals surface area contributed by atoms with E-state index in [4.69, 9.17) is 14.2 Å². The van der Waals surface area contributed by atoms with Crippen molar-refractivity contribution in [3.8, 4) is 17.6 Å². The topological polar surface area (TPSA) is 138 Å². The highest BCUT2D eigenvalue weighted by atomic mass is 16.6. The van der Waals surface area contributed by atoms with Crippen LogP contribution in [0.1, 0.15) is 51.6 Å². The molecule has 3 amide bonds. The fraction of sp³-hybridized carbons (Fsp3) is 0.255. The molecule has 3 aliphatic heterocycles. The van der Waals surface area contributed by atoms with Crippen LogP contribution in [0.15, 0.2) is 146 Å². The summed E-state index contributed by atoms with van der Waals surface area (Å²) in [5.41, 5.74) is 2.13. The van der Waals surface area contributed by atoms with E-state index in [-0.39, 0.29) is 31.2 Å². The summed E-state index contributed by atoms with van der Waals surface area (Å²) in [6.07, 6.45) is -0.348. The number of amides is 3. The number of nitrogens with zero attached hydrogens (tertiary/aromatic N) is 3. The number of carbonyl (C=O) groups is 4. The van der Waals surface area contributed by atoms with E-state index in [2.05, 4.69) is 40.8 Å². The predicted molar refractivity (Wildman–Crippen MR) is 236 cm³/mol. The smallest absolute Gasteiger partial charge is 0.421 e. The third-order valence-electron chi connectivity index (χ3n) is 11.9. The summed E-state index contributed by atoms with van der Waals surface area (Å²) in [7, 11) is 3.44. The van der Waals surface area contributed by atoms with Gasteiger partial charge in [0.05, 0.1) is 36.8 Å². The summed E-state index contributed by atoms with van der Waals surface area (Å²) in [5, 5.41) is 13.5. The van der Waals surface area contributed by atoms with Crippen LogP contribution < -0.4 is 10.2 Å². The van der Waals surface area contributed by atoms with Gasteiger partial charge in [0.15, 0.2) is 0 Å². The molecule has 0 aromatic heterocycles. The van der Waals surface area contributed by atoms with Crippen LogP contribution in [0.25, 0.3) is 0 Å². The van der Waals surface area contributed by atoms with E-state index in [0.717, 1.165) is 16.0 Å². The zero-order chi connectivity index (χ0) is 44.1. The summed E-state index contributed by atoms with van der Waals surface area (Å²) < 4.78 is 17.3. The van der Waals surface area contributed by atoms with Crippen LogP contribution in [-0.4, -0.2) is 85.3 Å². The Labute approximate surface area is 366 Å². The van der Waals surface area contributed by atoms with E-state index in [1.54, 1.807) is 30.3 Å². The second-order valence-electron chi connectivity index (χ2n) is 15.8. The van der Waals surface area contributed by atoms with Gasteiger partial charge in [-0.05, 0) is 65.2 Å². The number of hydrogen-bond acceptors (Lipinski definition) is 10. The lowest BCUT2D eigenvalue weighted by Crippen LogP contribution is -2.55. The quantitative estimate of drug-likeness (QED) is 0.0610. The Kier molecular flexibility index (Phi) is 12.5. The first kappa shape index (κ1) is 42.6. The Morgan fingerprint density at radius 3 is 2.21 bits per heavy atom. The van der Waals surface area contributed by atoms with Crippen LogP contribution in [0.2, 0.25) is 0 Å². The number of cyclic esters (lactones) is 1. The van der Waals surface area contributed by atoms with Crippen molar-refractivity contribution in [2.45, 2.75) is 36.2 Å². The maximum absolute atomic E-state index is 16.1. The van der Waals surface area contributed by atoms with Gasteiger partial charge in [0, 0.05) is 25.8 Å². The molecular weight excluding hydrogens is 797 g/mol. The number of methoxy groups -OCH3 is 1. The average Bonchev–Trinajstić information content (AvgIpc) is 3.75. The molecule has 3 heterocycles. The number of imide groups is 1. The van der Waals surface area contributed by atoms with Crippen molar-refractivity contribution >= 4 is 29.6 Å². The van der Waals surface area contributed by atoms with Crippen LogP contribution in [0.5, 0.6) is 5.75 Å². The molecule has 0 radical (unpaired) electrons.